The molecule has 1 atom stereocenters. The topological polar surface area (TPSA) is 52.3 Å². The molecule has 0 saturated heterocycles. The van der Waals surface area contributed by atoms with E-state index in [4.69, 9.17) is 5.73 Å². The SMILES string of the molecule is CC(C)(C)[C@H](N)C(=O)OCC(F)(F)F.Cl. The van der Waals surface area contributed by atoms with Gasteiger partial charge in [0.2, 0.25) is 0 Å². The van der Waals surface area contributed by atoms with Gasteiger partial charge in [-0.2, -0.15) is 13.2 Å². The summed E-state index contributed by atoms with van der Waals surface area (Å²) in [5.74, 6) is -1.03. The second-order valence-corrected chi connectivity index (χ2v) is 4.07. The van der Waals surface area contributed by atoms with Crippen molar-refractivity contribution in [1.29, 1.82) is 0 Å². The van der Waals surface area contributed by atoms with Crippen molar-refractivity contribution >= 4 is 18.4 Å². The zero-order valence-electron chi connectivity index (χ0n) is 8.72. The van der Waals surface area contributed by atoms with Crippen LogP contribution in [0.3, 0.4) is 0 Å². The molecular weight excluding hydrogens is 235 g/mol. The first kappa shape index (κ1) is 16.9. The van der Waals surface area contributed by atoms with Crippen molar-refractivity contribution in [1.82, 2.24) is 0 Å². The molecule has 3 nitrogen and oxygen atoms in total. The zero-order valence-corrected chi connectivity index (χ0v) is 9.54. The second-order valence-electron chi connectivity index (χ2n) is 4.07. The van der Waals surface area contributed by atoms with E-state index < -0.39 is 30.2 Å². The highest BCUT2D eigenvalue weighted by atomic mass is 35.5. The van der Waals surface area contributed by atoms with Crippen LogP contribution < -0.4 is 5.73 Å². The molecule has 0 heterocycles. The van der Waals surface area contributed by atoms with Gasteiger partial charge in [0.15, 0.2) is 6.61 Å². The van der Waals surface area contributed by atoms with Crippen LogP contribution in [0.2, 0.25) is 0 Å². The quantitative estimate of drug-likeness (QED) is 0.761. The molecule has 0 spiro atoms. The first-order chi connectivity index (χ1) is 6.04. The molecule has 7 heteroatoms. The molecule has 0 aromatic carbocycles. The molecule has 0 aliphatic rings. The smallest absolute Gasteiger partial charge is 0.422 e. The molecule has 0 radical (unpaired) electrons. The number of alkyl halides is 3. The summed E-state index contributed by atoms with van der Waals surface area (Å²) in [7, 11) is 0. The third-order valence-electron chi connectivity index (χ3n) is 1.57. The Morgan fingerprint density at radius 2 is 1.73 bits per heavy atom. The summed E-state index contributed by atoms with van der Waals surface area (Å²) in [5.41, 5.74) is 4.77. The van der Waals surface area contributed by atoms with Crippen molar-refractivity contribution in [2.75, 3.05) is 6.61 Å². The van der Waals surface area contributed by atoms with Gasteiger partial charge in [0, 0.05) is 0 Å². The highest BCUT2D eigenvalue weighted by molar-refractivity contribution is 5.85. The van der Waals surface area contributed by atoms with Gasteiger partial charge in [-0.05, 0) is 5.41 Å². The van der Waals surface area contributed by atoms with Crippen molar-refractivity contribution in [3.63, 3.8) is 0 Å². The lowest BCUT2D eigenvalue weighted by Gasteiger charge is -2.25. The van der Waals surface area contributed by atoms with E-state index in [1.54, 1.807) is 20.8 Å². The first-order valence-corrected chi connectivity index (χ1v) is 4.03. The molecule has 15 heavy (non-hydrogen) atoms. The third-order valence-corrected chi connectivity index (χ3v) is 1.57. The summed E-state index contributed by atoms with van der Waals surface area (Å²) >= 11 is 0. The number of esters is 1. The van der Waals surface area contributed by atoms with Gasteiger partial charge in [-0.3, -0.25) is 4.79 Å². The van der Waals surface area contributed by atoms with Gasteiger partial charge in [-0.1, -0.05) is 20.8 Å². The lowest BCUT2D eigenvalue weighted by Crippen LogP contribution is -2.44. The second kappa shape index (κ2) is 5.55. The maximum Gasteiger partial charge on any atom is 0.422 e. The highest BCUT2D eigenvalue weighted by Crippen LogP contribution is 2.20. The third kappa shape index (κ3) is 7.44. The Bertz CT molecular complexity index is 213. The van der Waals surface area contributed by atoms with Crippen LogP contribution in [0.25, 0.3) is 0 Å². The van der Waals surface area contributed by atoms with E-state index in [9.17, 15) is 18.0 Å². The molecule has 0 amide bonds. The van der Waals surface area contributed by atoms with Crippen LogP contribution in [0.15, 0.2) is 0 Å². The van der Waals surface area contributed by atoms with Crippen LogP contribution in [0.1, 0.15) is 20.8 Å². The average molecular weight is 250 g/mol. The van der Waals surface area contributed by atoms with Gasteiger partial charge in [-0.25, -0.2) is 0 Å². The van der Waals surface area contributed by atoms with Gasteiger partial charge in [0.05, 0.1) is 0 Å². The molecule has 0 saturated carbocycles. The van der Waals surface area contributed by atoms with E-state index in [1.165, 1.54) is 0 Å². The summed E-state index contributed by atoms with van der Waals surface area (Å²) in [5, 5.41) is 0. The number of hydrogen-bond donors (Lipinski definition) is 1. The van der Waals surface area contributed by atoms with Gasteiger partial charge in [0.1, 0.15) is 6.04 Å². The zero-order chi connectivity index (χ0) is 11.6. The largest absolute Gasteiger partial charge is 0.455 e. The molecule has 0 aliphatic heterocycles. The fraction of sp³-hybridized carbons (Fsp3) is 0.875. The summed E-state index contributed by atoms with van der Waals surface area (Å²) < 4.78 is 39.0. The van der Waals surface area contributed by atoms with Crippen LogP contribution in [-0.2, 0) is 9.53 Å². The van der Waals surface area contributed by atoms with Gasteiger partial charge >= 0.3 is 12.1 Å². The lowest BCUT2D eigenvalue weighted by molar-refractivity contribution is -0.188. The Labute approximate surface area is 92.6 Å². The normalized spacial score (nSPS) is 14.1. The number of nitrogens with two attached hydrogens (primary N) is 1. The fourth-order valence-corrected chi connectivity index (χ4v) is 0.596. The van der Waals surface area contributed by atoms with E-state index in [2.05, 4.69) is 4.74 Å². The van der Waals surface area contributed by atoms with Gasteiger partial charge < -0.3 is 10.5 Å². The first-order valence-electron chi connectivity index (χ1n) is 4.03. The van der Waals surface area contributed by atoms with Crippen molar-refractivity contribution < 1.29 is 22.7 Å². The molecule has 0 aromatic rings. The van der Waals surface area contributed by atoms with Crippen LogP contribution in [0, 0.1) is 5.41 Å². The summed E-state index contributed by atoms with van der Waals surface area (Å²) in [6.45, 7) is 3.35. The number of carbonyl (C=O) groups is 1. The summed E-state index contributed by atoms with van der Waals surface area (Å²) in [4.78, 5) is 11.0. The number of carbonyl (C=O) groups excluding carboxylic acids is 1. The lowest BCUT2D eigenvalue weighted by atomic mass is 9.87. The van der Waals surface area contributed by atoms with Crippen molar-refractivity contribution in [2.24, 2.45) is 11.1 Å². The van der Waals surface area contributed by atoms with E-state index in [0.29, 0.717) is 0 Å². The maximum atomic E-state index is 11.7. The number of hydrogen-bond acceptors (Lipinski definition) is 3. The van der Waals surface area contributed by atoms with Crippen LogP contribution in [0.5, 0.6) is 0 Å². The minimum absolute atomic E-state index is 0. The summed E-state index contributed by atoms with van der Waals surface area (Å²) in [6.07, 6.45) is -4.51. The molecule has 0 aromatic heterocycles. The minimum atomic E-state index is -4.51. The Balaban J connectivity index is 0. The van der Waals surface area contributed by atoms with Gasteiger partial charge in [0.25, 0.3) is 0 Å². The van der Waals surface area contributed by atoms with Crippen molar-refractivity contribution in [3.8, 4) is 0 Å². The van der Waals surface area contributed by atoms with E-state index >= 15 is 0 Å². The van der Waals surface area contributed by atoms with Gasteiger partial charge in [-0.15, -0.1) is 12.4 Å². The molecular formula is C8H15ClF3NO2. The molecule has 0 rings (SSSR count). The Kier molecular flexibility index (Phi) is 6.27. The average Bonchev–Trinajstić information content (AvgIpc) is 1.95. The maximum absolute atomic E-state index is 11.7. The predicted octanol–water partition coefficient (Wildman–Crippen LogP) is 1.89. The van der Waals surface area contributed by atoms with Crippen molar-refractivity contribution in [2.45, 2.75) is 33.0 Å². The predicted molar refractivity (Wildman–Crippen MR) is 51.7 cm³/mol. The highest BCUT2D eigenvalue weighted by Gasteiger charge is 2.34. The Hall–Kier alpha value is -0.490. The molecule has 0 unspecified atom stereocenters. The molecule has 2 N–H and O–H groups in total. The van der Waals surface area contributed by atoms with Crippen LogP contribution >= 0.6 is 12.4 Å². The number of rotatable bonds is 2. The molecule has 0 bridgehead atoms. The van der Waals surface area contributed by atoms with E-state index in [1.807, 2.05) is 0 Å². The van der Waals surface area contributed by atoms with Crippen LogP contribution in [0.4, 0.5) is 13.2 Å². The number of ether oxygens (including phenoxy) is 1. The fourth-order valence-electron chi connectivity index (χ4n) is 0.596. The van der Waals surface area contributed by atoms with E-state index in [0.717, 1.165) is 0 Å². The minimum Gasteiger partial charge on any atom is -0.455 e. The Morgan fingerprint density at radius 3 is 2.00 bits per heavy atom. The number of halogens is 4. The molecule has 0 fully saturated rings. The summed E-state index contributed by atoms with van der Waals surface area (Å²) in [6, 6.07) is -1.05. The van der Waals surface area contributed by atoms with Crippen LogP contribution in [-0.4, -0.2) is 24.8 Å². The van der Waals surface area contributed by atoms with Crippen molar-refractivity contribution in [3.05, 3.63) is 0 Å². The van der Waals surface area contributed by atoms with E-state index in [-0.39, 0.29) is 12.4 Å². The standard InChI is InChI=1S/C8H14F3NO2.ClH/c1-7(2,3)5(12)6(13)14-4-8(9,10)11;/h5H,4,12H2,1-3H3;1H/t5-;/m1./s1. The molecule has 92 valence electrons. The molecule has 0 aliphatic carbocycles. The Morgan fingerprint density at radius 1 is 1.33 bits per heavy atom. The monoisotopic (exact) mass is 249 g/mol.